The van der Waals surface area contributed by atoms with E-state index in [4.69, 9.17) is 17.2 Å². The highest BCUT2D eigenvalue weighted by Gasteiger charge is 2.29. The van der Waals surface area contributed by atoms with Gasteiger partial charge in [-0.15, -0.1) is 0 Å². The minimum Gasteiger partial charge on any atom is -0.508 e. The molecule has 11 nitrogen and oxygen atoms in total. The molecule has 0 unspecified atom stereocenters. The van der Waals surface area contributed by atoms with Gasteiger partial charge >= 0.3 is 0 Å². The molecule has 0 fully saturated rings. The van der Waals surface area contributed by atoms with Crippen LogP contribution >= 0.6 is 0 Å². The average Bonchev–Trinajstić information content (AvgIpc) is 2.86. The summed E-state index contributed by atoms with van der Waals surface area (Å²) < 4.78 is 0. The highest BCUT2D eigenvalue weighted by atomic mass is 16.3. The number of phenols is 1. The lowest BCUT2D eigenvalue weighted by Crippen LogP contribution is -2.56. The van der Waals surface area contributed by atoms with Crippen molar-refractivity contribution >= 4 is 23.7 Å². The fourth-order valence-electron chi connectivity index (χ4n) is 3.66. The number of aliphatic imine (C=N–C) groups is 1. The number of carbonyl (C=O) groups excluding carboxylic acids is 3. The molecule has 0 spiro atoms. The number of nitrogens with zero attached hydrogens (tertiary/aromatic N) is 2. The van der Waals surface area contributed by atoms with E-state index in [9.17, 15) is 19.5 Å². The predicted octanol–water partition coefficient (Wildman–Crippen LogP) is -0.384. The predicted molar refractivity (Wildman–Crippen MR) is 142 cm³/mol. The van der Waals surface area contributed by atoms with Gasteiger partial charge in [0.1, 0.15) is 17.8 Å². The third-order valence-corrected chi connectivity index (χ3v) is 5.65. The highest BCUT2D eigenvalue weighted by Crippen LogP contribution is 2.11. The molecule has 0 aromatic heterocycles. The molecule has 0 saturated carbocycles. The molecule has 0 aliphatic carbocycles. The smallest absolute Gasteiger partial charge is 0.244 e. The molecule has 11 heteroatoms. The molecule has 3 amide bonds. The SMILES string of the molecule is CN(C)C(=O)[C@H](Cc1ccccc1)NC(=O)[C@@H](CCCN=C(N)N)NC(=O)[C@@H](N)Cc1ccc(O)cc1. The van der Waals surface area contributed by atoms with Gasteiger partial charge in [0.15, 0.2) is 5.96 Å². The summed E-state index contributed by atoms with van der Waals surface area (Å²) in [6.07, 6.45) is 1.14. The Morgan fingerprint density at radius 2 is 1.49 bits per heavy atom. The van der Waals surface area contributed by atoms with Crippen LogP contribution in [0.15, 0.2) is 59.6 Å². The van der Waals surface area contributed by atoms with E-state index in [0.717, 1.165) is 11.1 Å². The molecule has 2 aromatic carbocycles. The normalized spacial score (nSPS) is 13.1. The fraction of sp³-hybridized carbons (Fsp3) is 0.385. The van der Waals surface area contributed by atoms with Crippen molar-refractivity contribution in [2.45, 2.75) is 43.8 Å². The van der Waals surface area contributed by atoms with Crippen LogP contribution in [0.1, 0.15) is 24.0 Å². The number of benzene rings is 2. The second-order valence-corrected chi connectivity index (χ2v) is 8.97. The summed E-state index contributed by atoms with van der Waals surface area (Å²) in [6.45, 7) is 0.269. The average molecular weight is 512 g/mol. The van der Waals surface area contributed by atoms with E-state index in [1.54, 1.807) is 26.2 Å². The number of hydrogen-bond donors (Lipinski definition) is 6. The van der Waals surface area contributed by atoms with Crippen LogP contribution < -0.4 is 27.8 Å². The maximum Gasteiger partial charge on any atom is 0.244 e. The summed E-state index contributed by atoms with van der Waals surface area (Å²) in [5, 5.41) is 15.0. The van der Waals surface area contributed by atoms with Crippen molar-refractivity contribution in [2.24, 2.45) is 22.2 Å². The van der Waals surface area contributed by atoms with Gasteiger partial charge in [-0.25, -0.2) is 0 Å². The third-order valence-electron chi connectivity index (χ3n) is 5.65. The van der Waals surface area contributed by atoms with Gasteiger partial charge in [-0.05, 0) is 42.5 Å². The summed E-state index contributed by atoms with van der Waals surface area (Å²) in [5.41, 5.74) is 18.5. The quantitative estimate of drug-likeness (QED) is 0.120. The molecule has 0 aliphatic heterocycles. The summed E-state index contributed by atoms with van der Waals surface area (Å²) in [5.74, 6) is -1.26. The number of phenolic OH excluding ortho intramolecular Hbond substituents is 1. The molecule has 2 rings (SSSR count). The van der Waals surface area contributed by atoms with Crippen LogP contribution in [0.5, 0.6) is 5.75 Å². The number of amides is 3. The Kier molecular flexibility index (Phi) is 11.4. The molecule has 9 N–H and O–H groups in total. The molecular formula is C26H37N7O4. The zero-order chi connectivity index (χ0) is 27.4. The van der Waals surface area contributed by atoms with E-state index < -0.39 is 29.9 Å². The van der Waals surface area contributed by atoms with Gasteiger partial charge < -0.3 is 37.8 Å². The second kappa shape index (κ2) is 14.4. The largest absolute Gasteiger partial charge is 0.508 e. The maximum absolute atomic E-state index is 13.3. The Balaban J connectivity index is 2.14. The molecule has 2 aromatic rings. The number of hydrogen-bond acceptors (Lipinski definition) is 6. The van der Waals surface area contributed by atoms with E-state index in [2.05, 4.69) is 15.6 Å². The summed E-state index contributed by atoms with van der Waals surface area (Å²) >= 11 is 0. The molecule has 0 saturated heterocycles. The molecule has 0 radical (unpaired) electrons. The number of aromatic hydroxyl groups is 1. The first-order valence-electron chi connectivity index (χ1n) is 12.0. The standard InChI is InChI=1S/C26H37N7O4/c1-33(2)25(37)22(16-17-7-4-3-5-8-17)32-24(36)21(9-6-14-30-26(28)29)31-23(35)20(27)15-18-10-12-19(34)13-11-18/h3-5,7-8,10-13,20-22,34H,6,9,14-16,27H2,1-2H3,(H,31,35)(H,32,36)(H4,28,29,30)/t20-,21+,22-/m0/s1. The minimum atomic E-state index is -0.958. The van der Waals surface area contributed by atoms with Crippen LogP contribution in [0.3, 0.4) is 0 Å². The van der Waals surface area contributed by atoms with Crippen molar-refractivity contribution in [2.75, 3.05) is 20.6 Å². The Morgan fingerprint density at radius 1 is 0.892 bits per heavy atom. The van der Waals surface area contributed by atoms with Gasteiger partial charge in [-0.1, -0.05) is 42.5 Å². The number of carbonyl (C=O) groups is 3. The van der Waals surface area contributed by atoms with Crippen molar-refractivity contribution in [1.82, 2.24) is 15.5 Å². The van der Waals surface area contributed by atoms with Gasteiger partial charge in [0.25, 0.3) is 0 Å². The van der Waals surface area contributed by atoms with Crippen molar-refractivity contribution < 1.29 is 19.5 Å². The Labute approximate surface area is 217 Å². The van der Waals surface area contributed by atoms with Crippen molar-refractivity contribution in [3.8, 4) is 5.75 Å². The molecule has 0 aliphatic rings. The van der Waals surface area contributed by atoms with Crippen LogP contribution in [-0.4, -0.2) is 72.5 Å². The molecule has 200 valence electrons. The lowest BCUT2D eigenvalue weighted by molar-refractivity contribution is -0.135. The van der Waals surface area contributed by atoms with E-state index >= 15 is 0 Å². The van der Waals surface area contributed by atoms with Crippen molar-refractivity contribution in [3.63, 3.8) is 0 Å². The fourth-order valence-corrected chi connectivity index (χ4v) is 3.66. The number of rotatable bonds is 13. The van der Waals surface area contributed by atoms with Crippen LogP contribution in [0.4, 0.5) is 0 Å². The zero-order valence-corrected chi connectivity index (χ0v) is 21.3. The van der Waals surface area contributed by atoms with Crippen molar-refractivity contribution in [3.05, 3.63) is 65.7 Å². The minimum absolute atomic E-state index is 0.0690. The number of guanidine groups is 1. The first-order chi connectivity index (χ1) is 17.6. The first kappa shape index (κ1) is 29.1. The Morgan fingerprint density at radius 3 is 2.08 bits per heavy atom. The van der Waals surface area contributed by atoms with Gasteiger partial charge in [0.05, 0.1) is 6.04 Å². The highest BCUT2D eigenvalue weighted by molar-refractivity contribution is 5.93. The second-order valence-electron chi connectivity index (χ2n) is 8.97. The molecule has 3 atom stereocenters. The van der Waals surface area contributed by atoms with Gasteiger partial charge in [-0.2, -0.15) is 0 Å². The molecule has 37 heavy (non-hydrogen) atoms. The van der Waals surface area contributed by atoms with Gasteiger partial charge in [0.2, 0.25) is 17.7 Å². The maximum atomic E-state index is 13.3. The summed E-state index contributed by atoms with van der Waals surface area (Å²) in [7, 11) is 3.23. The third kappa shape index (κ3) is 10.2. The van der Waals surface area contributed by atoms with Gasteiger partial charge in [0, 0.05) is 27.1 Å². The lowest BCUT2D eigenvalue weighted by atomic mass is 10.0. The number of nitrogens with two attached hydrogens (primary N) is 3. The zero-order valence-electron chi connectivity index (χ0n) is 21.3. The number of likely N-dealkylation sites (N-methyl/N-ethyl adjacent to an activating group) is 1. The van der Waals surface area contributed by atoms with Crippen LogP contribution in [-0.2, 0) is 27.2 Å². The van der Waals surface area contributed by atoms with E-state index in [0.29, 0.717) is 12.8 Å². The van der Waals surface area contributed by atoms with E-state index in [1.807, 2.05) is 30.3 Å². The van der Waals surface area contributed by atoms with E-state index in [-0.39, 0.29) is 37.0 Å². The van der Waals surface area contributed by atoms with Crippen LogP contribution in [0, 0.1) is 0 Å². The monoisotopic (exact) mass is 511 g/mol. The Hall–Kier alpha value is -4.12. The summed E-state index contributed by atoms with van der Waals surface area (Å²) in [4.78, 5) is 44.4. The first-order valence-corrected chi connectivity index (χ1v) is 12.0. The summed E-state index contributed by atoms with van der Waals surface area (Å²) in [6, 6.07) is 13.0. The topological polar surface area (TPSA) is 189 Å². The van der Waals surface area contributed by atoms with Crippen LogP contribution in [0.25, 0.3) is 0 Å². The van der Waals surface area contributed by atoms with Crippen LogP contribution in [0.2, 0.25) is 0 Å². The van der Waals surface area contributed by atoms with E-state index in [1.165, 1.54) is 17.0 Å². The van der Waals surface area contributed by atoms with Crippen molar-refractivity contribution in [1.29, 1.82) is 0 Å². The molecular weight excluding hydrogens is 474 g/mol. The lowest BCUT2D eigenvalue weighted by Gasteiger charge is -2.26. The molecule has 0 heterocycles. The number of nitrogens with one attached hydrogen (secondary N) is 2. The Bertz CT molecular complexity index is 1050. The molecule has 0 bridgehead atoms. The van der Waals surface area contributed by atoms with Gasteiger partial charge in [-0.3, -0.25) is 19.4 Å².